The van der Waals surface area contributed by atoms with Gasteiger partial charge in [0.05, 0.1) is 0 Å². The van der Waals surface area contributed by atoms with E-state index in [1.807, 2.05) is 0 Å². The van der Waals surface area contributed by atoms with E-state index < -0.39 is 0 Å². The third kappa shape index (κ3) is 44.1. The van der Waals surface area contributed by atoms with Crippen molar-refractivity contribution in [1.29, 1.82) is 0 Å². The lowest BCUT2D eigenvalue weighted by atomic mass is 9.89. The summed E-state index contributed by atoms with van der Waals surface area (Å²) >= 11 is 0. The first-order valence-electron chi connectivity index (χ1n) is 24.3. The van der Waals surface area contributed by atoms with Gasteiger partial charge < -0.3 is 0 Å². The van der Waals surface area contributed by atoms with Crippen LogP contribution in [0.3, 0.4) is 0 Å². The van der Waals surface area contributed by atoms with E-state index in [0.717, 1.165) is 5.92 Å². The minimum atomic E-state index is 1.03. The van der Waals surface area contributed by atoms with Crippen LogP contribution in [0, 0.1) is 5.92 Å². The van der Waals surface area contributed by atoms with Crippen LogP contribution in [0.15, 0.2) is 0 Å². The zero-order valence-corrected chi connectivity index (χ0v) is 35.4. The van der Waals surface area contributed by atoms with Crippen LogP contribution in [0.2, 0.25) is 0 Å². The van der Waals surface area contributed by atoms with Crippen molar-refractivity contribution >= 4 is 0 Å². The Bertz CT molecular complexity index is 460. The Morgan fingerprint density at radius 1 is 0.163 bits per heavy atom. The Balaban J connectivity index is 3.93. The molecule has 0 spiro atoms. The summed E-state index contributed by atoms with van der Waals surface area (Å²) in [6.07, 6.45) is 66.8. The summed E-state index contributed by atoms with van der Waals surface area (Å²) in [4.78, 5) is 0. The molecule has 49 heavy (non-hydrogen) atoms. The SMILES string of the molecule is CCCCCCCCCCCCCCCCC(CCCCCCCCCCCCCCCC)CCCCCCCCCCCCCCCC. The molecule has 0 saturated heterocycles. The highest BCUT2D eigenvalue weighted by Crippen LogP contribution is 2.25. The quantitative estimate of drug-likeness (QED) is 0.0559. The Morgan fingerprint density at radius 3 is 0.429 bits per heavy atom. The molecule has 296 valence electrons. The average Bonchev–Trinajstić information content (AvgIpc) is 3.11. The first-order chi connectivity index (χ1) is 24.3. The Kier molecular flexibility index (Phi) is 46.0. The second kappa shape index (κ2) is 46.0. The van der Waals surface area contributed by atoms with E-state index in [4.69, 9.17) is 0 Å². The summed E-state index contributed by atoms with van der Waals surface area (Å²) < 4.78 is 0. The monoisotopic (exact) mass is 689 g/mol. The molecular formula is C49H100. The lowest BCUT2D eigenvalue weighted by Crippen LogP contribution is -2.01. The van der Waals surface area contributed by atoms with Gasteiger partial charge in [-0.1, -0.05) is 310 Å². The lowest BCUT2D eigenvalue weighted by molar-refractivity contribution is 0.365. The van der Waals surface area contributed by atoms with Gasteiger partial charge >= 0.3 is 0 Å². The van der Waals surface area contributed by atoms with Gasteiger partial charge in [-0.2, -0.15) is 0 Å². The third-order valence-corrected chi connectivity index (χ3v) is 11.9. The molecule has 0 heterocycles. The molecular weight excluding hydrogens is 589 g/mol. The van der Waals surface area contributed by atoms with Gasteiger partial charge in [0.15, 0.2) is 0 Å². The zero-order chi connectivity index (χ0) is 35.4. The number of hydrogen-bond donors (Lipinski definition) is 0. The molecule has 0 aromatic rings. The van der Waals surface area contributed by atoms with Crippen molar-refractivity contribution in [3.05, 3.63) is 0 Å². The maximum absolute atomic E-state index is 2.32. The van der Waals surface area contributed by atoms with Crippen molar-refractivity contribution in [3.63, 3.8) is 0 Å². The minimum Gasteiger partial charge on any atom is -0.0654 e. The number of hydrogen-bond acceptors (Lipinski definition) is 0. The fourth-order valence-corrected chi connectivity index (χ4v) is 8.32. The minimum absolute atomic E-state index is 1.03. The van der Waals surface area contributed by atoms with Crippen molar-refractivity contribution in [1.82, 2.24) is 0 Å². The lowest BCUT2D eigenvalue weighted by Gasteiger charge is -2.17. The summed E-state index contributed by atoms with van der Waals surface area (Å²) in [7, 11) is 0. The van der Waals surface area contributed by atoms with Crippen molar-refractivity contribution < 1.29 is 0 Å². The molecule has 0 N–H and O–H groups in total. The molecule has 0 unspecified atom stereocenters. The second-order valence-corrected chi connectivity index (χ2v) is 17.0. The molecule has 0 amide bonds. The first kappa shape index (κ1) is 49.0. The fourth-order valence-electron chi connectivity index (χ4n) is 8.32. The van der Waals surface area contributed by atoms with Crippen LogP contribution in [-0.4, -0.2) is 0 Å². The molecule has 0 aliphatic carbocycles. The number of unbranched alkanes of at least 4 members (excludes halogenated alkanes) is 39. The summed E-state index contributed by atoms with van der Waals surface area (Å²) in [5, 5.41) is 0. The van der Waals surface area contributed by atoms with Gasteiger partial charge in [0.25, 0.3) is 0 Å². The van der Waals surface area contributed by atoms with Crippen LogP contribution in [0.5, 0.6) is 0 Å². The summed E-state index contributed by atoms with van der Waals surface area (Å²) in [5.74, 6) is 1.03. The van der Waals surface area contributed by atoms with Crippen LogP contribution >= 0.6 is 0 Å². The van der Waals surface area contributed by atoms with Gasteiger partial charge in [0.2, 0.25) is 0 Å². The maximum Gasteiger partial charge on any atom is -0.0414 e. The van der Waals surface area contributed by atoms with Crippen LogP contribution in [-0.2, 0) is 0 Å². The van der Waals surface area contributed by atoms with Crippen molar-refractivity contribution in [2.45, 2.75) is 310 Å². The van der Waals surface area contributed by atoms with E-state index in [0.29, 0.717) is 0 Å². The topological polar surface area (TPSA) is 0 Å². The van der Waals surface area contributed by atoms with Crippen LogP contribution in [0.25, 0.3) is 0 Å². The smallest absolute Gasteiger partial charge is 0.0414 e. The maximum atomic E-state index is 2.32. The van der Waals surface area contributed by atoms with E-state index in [2.05, 4.69) is 20.8 Å². The highest BCUT2D eigenvalue weighted by atomic mass is 14.1. The van der Waals surface area contributed by atoms with E-state index in [-0.39, 0.29) is 0 Å². The van der Waals surface area contributed by atoms with E-state index >= 15 is 0 Å². The summed E-state index contributed by atoms with van der Waals surface area (Å²) in [6, 6.07) is 0. The molecule has 0 aromatic carbocycles. The number of rotatable bonds is 45. The van der Waals surface area contributed by atoms with Gasteiger partial charge in [0.1, 0.15) is 0 Å². The normalized spacial score (nSPS) is 11.8. The predicted octanol–water partition coefficient (Wildman–Crippen LogP) is 19.2. The van der Waals surface area contributed by atoms with Crippen molar-refractivity contribution in [3.8, 4) is 0 Å². The highest BCUT2D eigenvalue weighted by molar-refractivity contribution is 4.63. The van der Waals surface area contributed by atoms with Gasteiger partial charge in [-0.25, -0.2) is 0 Å². The zero-order valence-electron chi connectivity index (χ0n) is 35.4. The van der Waals surface area contributed by atoms with Gasteiger partial charge in [-0.15, -0.1) is 0 Å². The molecule has 0 rings (SSSR count). The van der Waals surface area contributed by atoms with Crippen LogP contribution in [0.1, 0.15) is 310 Å². The molecule has 0 nitrogen and oxygen atoms in total. The standard InChI is InChI=1S/C49H100/c1-4-7-10-13-16-19-22-25-28-31-34-37-40-43-46-49(47-44-41-38-35-32-29-26-23-20-17-14-11-8-5-2)48-45-42-39-36-33-30-27-24-21-18-15-12-9-6-3/h49H,4-48H2,1-3H3. The first-order valence-corrected chi connectivity index (χ1v) is 24.3. The molecule has 0 aliphatic rings. The Morgan fingerprint density at radius 2 is 0.286 bits per heavy atom. The summed E-state index contributed by atoms with van der Waals surface area (Å²) in [5.41, 5.74) is 0. The highest BCUT2D eigenvalue weighted by Gasteiger charge is 2.09. The van der Waals surface area contributed by atoms with Crippen LogP contribution < -0.4 is 0 Å². The molecule has 0 atom stereocenters. The van der Waals surface area contributed by atoms with E-state index in [1.54, 1.807) is 0 Å². The van der Waals surface area contributed by atoms with E-state index in [1.165, 1.54) is 289 Å². The summed E-state index contributed by atoms with van der Waals surface area (Å²) in [6.45, 7) is 6.96. The van der Waals surface area contributed by atoms with Gasteiger partial charge in [-0.05, 0) is 5.92 Å². The Hall–Kier alpha value is 0. The largest absolute Gasteiger partial charge is 0.0654 e. The fraction of sp³-hybridized carbons (Fsp3) is 1.00. The molecule has 0 aliphatic heterocycles. The molecule has 0 fully saturated rings. The average molecular weight is 689 g/mol. The van der Waals surface area contributed by atoms with Gasteiger partial charge in [-0.3, -0.25) is 0 Å². The van der Waals surface area contributed by atoms with Crippen LogP contribution in [0.4, 0.5) is 0 Å². The van der Waals surface area contributed by atoms with Crippen molar-refractivity contribution in [2.24, 2.45) is 5.92 Å². The molecule has 0 bridgehead atoms. The molecule has 0 heteroatoms. The second-order valence-electron chi connectivity index (χ2n) is 17.0. The molecule has 0 saturated carbocycles. The third-order valence-electron chi connectivity index (χ3n) is 11.9. The van der Waals surface area contributed by atoms with Gasteiger partial charge in [0, 0.05) is 0 Å². The van der Waals surface area contributed by atoms with E-state index in [9.17, 15) is 0 Å². The van der Waals surface area contributed by atoms with Crippen molar-refractivity contribution in [2.75, 3.05) is 0 Å². The molecule has 0 radical (unpaired) electrons. The Labute approximate surface area is 314 Å². The predicted molar refractivity (Wildman–Crippen MR) is 228 cm³/mol. The molecule has 0 aromatic heterocycles.